The monoisotopic (exact) mass is 424 g/mol. The number of thiocarbonyl (C=S) groups is 1. The fourth-order valence-corrected chi connectivity index (χ4v) is 5.84. The van der Waals surface area contributed by atoms with Crippen LogP contribution >= 0.6 is 24.0 Å². The van der Waals surface area contributed by atoms with Gasteiger partial charge in [0.15, 0.2) is 0 Å². The predicted molar refractivity (Wildman–Crippen MR) is 99.5 cm³/mol. The molecule has 0 aromatic heterocycles. The van der Waals surface area contributed by atoms with E-state index in [1.165, 1.54) is 38.5 Å². The maximum atomic E-state index is 5.53. The molecule has 20 heavy (non-hydrogen) atoms. The first-order valence-electron chi connectivity index (χ1n) is 8.22. The van der Waals surface area contributed by atoms with Gasteiger partial charge in [0.2, 0.25) is 0 Å². The van der Waals surface area contributed by atoms with Crippen molar-refractivity contribution in [1.82, 2.24) is 0 Å². The second-order valence-corrected chi connectivity index (χ2v) is 11.3. The third-order valence-electron chi connectivity index (χ3n) is 3.04. The maximum absolute atomic E-state index is 5.53. The molecule has 0 aliphatic carbocycles. The summed E-state index contributed by atoms with van der Waals surface area (Å²) in [5.41, 5.74) is 0. The Kier molecular flexibility index (Phi) is 17.6. The van der Waals surface area contributed by atoms with Gasteiger partial charge in [-0.25, -0.2) is 0 Å². The average molecular weight is 423 g/mol. The van der Waals surface area contributed by atoms with Crippen LogP contribution in [0.25, 0.3) is 0 Å². The molecule has 1 nitrogen and oxygen atoms in total. The molecule has 1 saturated heterocycles. The SMILES string of the molecule is CCCCC(=S)SCC1CCCO1.CC[CH2][Sn][CH2]CC. The molecule has 1 atom stereocenters. The molecule has 0 aromatic rings. The van der Waals surface area contributed by atoms with Gasteiger partial charge in [0.25, 0.3) is 0 Å². The summed E-state index contributed by atoms with van der Waals surface area (Å²) in [6.45, 7) is 7.73. The molecule has 4 heteroatoms. The van der Waals surface area contributed by atoms with Crippen LogP contribution in [0.5, 0.6) is 0 Å². The van der Waals surface area contributed by atoms with Gasteiger partial charge < -0.3 is 4.74 Å². The fourth-order valence-electron chi connectivity index (χ4n) is 1.83. The number of hydrogen-bond acceptors (Lipinski definition) is 3. The van der Waals surface area contributed by atoms with Crippen molar-refractivity contribution < 1.29 is 4.74 Å². The predicted octanol–water partition coefficient (Wildman–Crippen LogP) is 5.76. The van der Waals surface area contributed by atoms with Crippen LogP contribution in [-0.4, -0.2) is 43.8 Å². The van der Waals surface area contributed by atoms with E-state index in [1.807, 2.05) is 11.8 Å². The minimum atomic E-state index is 0.181. The summed E-state index contributed by atoms with van der Waals surface area (Å²) in [5, 5.41) is 0. The van der Waals surface area contributed by atoms with Gasteiger partial charge in [0, 0.05) is 16.6 Å². The Hall–Kier alpha value is 1.20. The number of rotatable bonds is 9. The summed E-state index contributed by atoms with van der Waals surface area (Å²) in [6, 6.07) is 0. The van der Waals surface area contributed by atoms with E-state index in [-0.39, 0.29) is 21.1 Å². The van der Waals surface area contributed by atoms with E-state index < -0.39 is 0 Å². The fraction of sp³-hybridized carbons (Fsp3) is 0.938. The van der Waals surface area contributed by atoms with Crippen LogP contribution in [0.4, 0.5) is 0 Å². The molecule has 0 bridgehead atoms. The Balaban J connectivity index is 0.000000441. The molecule has 1 rings (SSSR count). The van der Waals surface area contributed by atoms with E-state index in [4.69, 9.17) is 17.0 Å². The molecule has 1 aliphatic heterocycles. The van der Waals surface area contributed by atoms with E-state index in [2.05, 4.69) is 20.8 Å². The van der Waals surface area contributed by atoms with Crippen molar-refractivity contribution in [2.45, 2.75) is 80.7 Å². The molecular formula is C16H32OS2Sn. The van der Waals surface area contributed by atoms with Crippen molar-refractivity contribution in [3.63, 3.8) is 0 Å². The Bertz CT molecular complexity index is 215. The Morgan fingerprint density at radius 3 is 2.40 bits per heavy atom. The molecule has 0 N–H and O–H groups in total. The van der Waals surface area contributed by atoms with Crippen LogP contribution in [-0.2, 0) is 4.74 Å². The normalized spacial score (nSPS) is 17.6. The van der Waals surface area contributed by atoms with E-state index in [0.717, 1.165) is 23.0 Å². The molecule has 118 valence electrons. The van der Waals surface area contributed by atoms with Crippen molar-refractivity contribution in [1.29, 1.82) is 0 Å². The molecule has 1 unspecified atom stereocenters. The Morgan fingerprint density at radius 2 is 1.90 bits per heavy atom. The Labute approximate surface area is 146 Å². The first-order valence-corrected chi connectivity index (χ1v) is 13.6. The summed E-state index contributed by atoms with van der Waals surface area (Å²) >= 11 is 7.26. The summed E-state index contributed by atoms with van der Waals surface area (Å²) in [4.78, 5) is 0. The van der Waals surface area contributed by atoms with Gasteiger partial charge in [0.05, 0.1) is 6.10 Å². The van der Waals surface area contributed by atoms with Gasteiger partial charge in [-0.1, -0.05) is 25.6 Å². The van der Waals surface area contributed by atoms with Gasteiger partial charge >= 0.3 is 56.7 Å². The molecular weight excluding hydrogens is 391 g/mol. The van der Waals surface area contributed by atoms with Gasteiger partial charge in [-0.2, -0.15) is 0 Å². The zero-order valence-corrected chi connectivity index (χ0v) is 18.1. The van der Waals surface area contributed by atoms with Crippen LogP contribution in [0.15, 0.2) is 0 Å². The van der Waals surface area contributed by atoms with E-state index in [0.29, 0.717) is 6.10 Å². The number of hydrogen-bond donors (Lipinski definition) is 0. The van der Waals surface area contributed by atoms with Crippen LogP contribution < -0.4 is 0 Å². The second-order valence-electron chi connectivity index (χ2n) is 5.17. The van der Waals surface area contributed by atoms with Crippen molar-refractivity contribution in [2.75, 3.05) is 12.4 Å². The van der Waals surface area contributed by atoms with Crippen molar-refractivity contribution >= 4 is 49.3 Å². The molecule has 2 radical (unpaired) electrons. The average Bonchev–Trinajstić information content (AvgIpc) is 2.97. The molecule has 1 aliphatic rings. The van der Waals surface area contributed by atoms with Crippen LogP contribution in [0.1, 0.15) is 65.7 Å². The molecule has 0 amide bonds. The quantitative estimate of drug-likeness (QED) is 0.265. The number of thioether (sulfide) groups is 1. The summed E-state index contributed by atoms with van der Waals surface area (Å²) in [5.74, 6) is 1.07. The number of ether oxygens (including phenoxy) is 1. The van der Waals surface area contributed by atoms with Crippen LogP contribution in [0, 0.1) is 0 Å². The third-order valence-corrected chi connectivity index (χ3v) is 9.54. The van der Waals surface area contributed by atoms with Gasteiger partial charge in [-0.3, -0.25) is 0 Å². The van der Waals surface area contributed by atoms with Crippen LogP contribution in [0.2, 0.25) is 8.87 Å². The van der Waals surface area contributed by atoms with E-state index in [9.17, 15) is 0 Å². The van der Waals surface area contributed by atoms with E-state index >= 15 is 0 Å². The van der Waals surface area contributed by atoms with Crippen molar-refractivity contribution in [3.8, 4) is 0 Å². The first-order chi connectivity index (χ1) is 9.74. The van der Waals surface area contributed by atoms with E-state index in [1.54, 1.807) is 8.87 Å². The summed E-state index contributed by atoms with van der Waals surface area (Å²) in [6.07, 6.45) is 9.38. The van der Waals surface area contributed by atoms with Crippen molar-refractivity contribution in [3.05, 3.63) is 0 Å². The van der Waals surface area contributed by atoms with Crippen LogP contribution in [0.3, 0.4) is 0 Å². The molecule has 0 aromatic carbocycles. The number of unbranched alkanes of at least 4 members (excludes halogenated alkanes) is 1. The Morgan fingerprint density at radius 1 is 1.20 bits per heavy atom. The zero-order valence-electron chi connectivity index (χ0n) is 13.6. The molecule has 1 fully saturated rings. The van der Waals surface area contributed by atoms with Gasteiger partial charge in [-0.15, -0.1) is 11.8 Å². The molecule has 1 heterocycles. The first kappa shape index (κ1) is 21.2. The van der Waals surface area contributed by atoms with Gasteiger partial charge in [0.1, 0.15) is 0 Å². The van der Waals surface area contributed by atoms with Crippen molar-refractivity contribution in [2.24, 2.45) is 0 Å². The third kappa shape index (κ3) is 14.1. The summed E-state index contributed by atoms with van der Waals surface area (Å²) in [7, 11) is 0. The molecule has 0 saturated carbocycles. The van der Waals surface area contributed by atoms with Gasteiger partial charge in [-0.05, 0) is 25.7 Å². The minimum absolute atomic E-state index is 0.181. The summed E-state index contributed by atoms with van der Waals surface area (Å²) < 4.78 is 9.88. The molecule has 0 spiro atoms. The topological polar surface area (TPSA) is 9.23 Å². The zero-order chi connectivity index (χ0) is 15.1. The standard InChI is InChI=1S/C10H18OS2.2C3H7.Sn/c1-2-3-6-10(12)13-8-9-5-4-7-11-9;2*1-3-2;/h9H,2-8H2,1H3;2*1,3H2,2H3;. The second kappa shape index (κ2) is 16.6.